The molecule has 2 heterocycles. The van der Waals surface area contributed by atoms with Crippen molar-refractivity contribution in [1.82, 2.24) is 20.1 Å². The first-order valence-electron chi connectivity index (χ1n) is 8.44. The predicted octanol–water partition coefficient (Wildman–Crippen LogP) is 2.73. The molecule has 1 aromatic heterocycles. The monoisotopic (exact) mass is 294 g/mol. The van der Waals surface area contributed by atoms with Crippen molar-refractivity contribution in [2.45, 2.75) is 77.5 Å². The van der Waals surface area contributed by atoms with E-state index in [-0.39, 0.29) is 0 Å². The van der Waals surface area contributed by atoms with Crippen LogP contribution in [0.3, 0.4) is 0 Å². The highest BCUT2D eigenvalue weighted by atomic mass is 16.5. The Hall–Kier alpha value is -0.940. The van der Waals surface area contributed by atoms with Crippen molar-refractivity contribution in [1.29, 1.82) is 0 Å². The van der Waals surface area contributed by atoms with Gasteiger partial charge >= 0.3 is 0 Å². The molecule has 1 fully saturated rings. The SMILES string of the molecule is CCNC(CCC1CCCCO1)Cc1ncnn1C(C)C. The first-order valence-corrected chi connectivity index (χ1v) is 8.44. The highest BCUT2D eigenvalue weighted by Crippen LogP contribution is 2.19. The first kappa shape index (κ1) is 16.4. The molecule has 2 unspecified atom stereocenters. The van der Waals surface area contributed by atoms with Crippen molar-refractivity contribution in [3.63, 3.8) is 0 Å². The first-order chi connectivity index (χ1) is 10.2. The molecule has 0 amide bonds. The van der Waals surface area contributed by atoms with Gasteiger partial charge in [-0.25, -0.2) is 9.67 Å². The van der Waals surface area contributed by atoms with E-state index >= 15 is 0 Å². The zero-order valence-corrected chi connectivity index (χ0v) is 13.7. The molecule has 1 saturated heterocycles. The smallest absolute Gasteiger partial charge is 0.138 e. The minimum absolute atomic E-state index is 0.367. The molecule has 1 N–H and O–H groups in total. The van der Waals surface area contributed by atoms with Crippen LogP contribution in [0.1, 0.15) is 64.7 Å². The van der Waals surface area contributed by atoms with E-state index in [1.54, 1.807) is 6.33 Å². The van der Waals surface area contributed by atoms with Gasteiger partial charge in [-0.05, 0) is 52.5 Å². The number of aromatic nitrogens is 3. The van der Waals surface area contributed by atoms with Gasteiger partial charge in [-0.1, -0.05) is 6.92 Å². The third-order valence-electron chi connectivity index (χ3n) is 4.17. The van der Waals surface area contributed by atoms with Crippen molar-refractivity contribution in [3.05, 3.63) is 12.2 Å². The molecular formula is C16H30N4O. The number of likely N-dealkylation sites (N-methyl/N-ethyl adjacent to an activating group) is 1. The molecule has 1 aliphatic heterocycles. The van der Waals surface area contributed by atoms with Gasteiger partial charge in [0.25, 0.3) is 0 Å². The standard InChI is InChI=1S/C16H30N4O/c1-4-17-14(8-9-15-7-5-6-10-21-15)11-16-18-12-19-20(16)13(2)3/h12-15,17H,4-11H2,1-3H3. The summed E-state index contributed by atoms with van der Waals surface area (Å²) >= 11 is 0. The Balaban J connectivity index is 1.87. The molecule has 0 spiro atoms. The zero-order chi connectivity index (χ0) is 15.1. The van der Waals surface area contributed by atoms with E-state index in [1.807, 2.05) is 4.68 Å². The number of hydrogen-bond acceptors (Lipinski definition) is 4. The third kappa shape index (κ3) is 5.08. The summed E-state index contributed by atoms with van der Waals surface area (Å²) in [6.07, 6.45) is 9.13. The fraction of sp³-hybridized carbons (Fsp3) is 0.875. The molecule has 0 bridgehead atoms. The molecule has 2 rings (SSSR count). The molecule has 0 radical (unpaired) electrons. The lowest BCUT2D eigenvalue weighted by Gasteiger charge is -2.25. The van der Waals surface area contributed by atoms with E-state index < -0.39 is 0 Å². The lowest BCUT2D eigenvalue weighted by Crippen LogP contribution is -2.34. The number of hydrogen-bond donors (Lipinski definition) is 1. The van der Waals surface area contributed by atoms with Crippen molar-refractivity contribution >= 4 is 0 Å². The van der Waals surface area contributed by atoms with Crippen LogP contribution in [0, 0.1) is 0 Å². The quantitative estimate of drug-likeness (QED) is 0.801. The number of ether oxygens (including phenoxy) is 1. The van der Waals surface area contributed by atoms with Crippen molar-refractivity contribution in [2.75, 3.05) is 13.2 Å². The minimum Gasteiger partial charge on any atom is -0.378 e. The van der Waals surface area contributed by atoms with Gasteiger partial charge in [0.2, 0.25) is 0 Å². The maximum Gasteiger partial charge on any atom is 0.138 e. The number of nitrogens with one attached hydrogen (secondary N) is 1. The van der Waals surface area contributed by atoms with Crippen LogP contribution in [0.5, 0.6) is 0 Å². The molecule has 0 aliphatic carbocycles. The number of nitrogens with zero attached hydrogens (tertiary/aromatic N) is 3. The Morgan fingerprint density at radius 3 is 2.95 bits per heavy atom. The molecule has 1 aliphatic rings. The lowest BCUT2D eigenvalue weighted by atomic mass is 10.00. The Morgan fingerprint density at radius 2 is 2.29 bits per heavy atom. The normalized spacial score (nSPS) is 20.9. The van der Waals surface area contributed by atoms with Crippen LogP contribution in [0.15, 0.2) is 6.33 Å². The molecule has 5 heteroatoms. The van der Waals surface area contributed by atoms with Gasteiger partial charge in [-0.3, -0.25) is 0 Å². The molecule has 120 valence electrons. The summed E-state index contributed by atoms with van der Waals surface area (Å²) in [4.78, 5) is 4.43. The maximum atomic E-state index is 5.84. The Morgan fingerprint density at radius 1 is 1.43 bits per heavy atom. The second kappa shape index (κ2) is 8.49. The van der Waals surface area contributed by atoms with Gasteiger partial charge in [0.1, 0.15) is 12.2 Å². The van der Waals surface area contributed by atoms with Gasteiger partial charge in [0.15, 0.2) is 0 Å². The van der Waals surface area contributed by atoms with E-state index in [9.17, 15) is 0 Å². The van der Waals surface area contributed by atoms with E-state index in [2.05, 4.69) is 36.2 Å². The van der Waals surface area contributed by atoms with Crippen molar-refractivity contribution < 1.29 is 4.74 Å². The van der Waals surface area contributed by atoms with Gasteiger partial charge in [0.05, 0.1) is 6.10 Å². The van der Waals surface area contributed by atoms with Gasteiger partial charge in [0, 0.05) is 25.1 Å². The molecular weight excluding hydrogens is 264 g/mol. The average molecular weight is 294 g/mol. The van der Waals surface area contributed by atoms with E-state index in [0.717, 1.165) is 38.2 Å². The third-order valence-corrected chi connectivity index (χ3v) is 4.17. The van der Waals surface area contributed by atoms with Crippen LogP contribution in [0.4, 0.5) is 0 Å². The maximum absolute atomic E-state index is 5.84. The fourth-order valence-corrected chi connectivity index (χ4v) is 3.06. The van der Waals surface area contributed by atoms with Crippen LogP contribution in [0.2, 0.25) is 0 Å². The number of rotatable bonds is 8. The van der Waals surface area contributed by atoms with Crippen LogP contribution in [0.25, 0.3) is 0 Å². The zero-order valence-electron chi connectivity index (χ0n) is 13.7. The van der Waals surface area contributed by atoms with E-state index in [4.69, 9.17) is 4.74 Å². The molecule has 21 heavy (non-hydrogen) atoms. The van der Waals surface area contributed by atoms with Crippen molar-refractivity contribution in [2.24, 2.45) is 0 Å². The summed E-state index contributed by atoms with van der Waals surface area (Å²) in [6.45, 7) is 8.40. The fourth-order valence-electron chi connectivity index (χ4n) is 3.06. The van der Waals surface area contributed by atoms with Crippen molar-refractivity contribution in [3.8, 4) is 0 Å². The summed E-state index contributed by atoms with van der Waals surface area (Å²) in [5, 5.41) is 7.92. The van der Waals surface area contributed by atoms with Crippen LogP contribution in [-0.2, 0) is 11.2 Å². The second-order valence-corrected chi connectivity index (χ2v) is 6.24. The largest absolute Gasteiger partial charge is 0.378 e. The Bertz CT molecular complexity index is 399. The summed E-state index contributed by atoms with van der Waals surface area (Å²) < 4.78 is 7.87. The highest BCUT2D eigenvalue weighted by molar-refractivity contribution is 4.91. The lowest BCUT2D eigenvalue weighted by molar-refractivity contribution is 0.00856. The van der Waals surface area contributed by atoms with Crippen LogP contribution in [-0.4, -0.2) is 40.1 Å². The minimum atomic E-state index is 0.367. The second-order valence-electron chi connectivity index (χ2n) is 6.24. The molecule has 5 nitrogen and oxygen atoms in total. The van der Waals surface area contributed by atoms with E-state index in [0.29, 0.717) is 18.2 Å². The van der Waals surface area contributed by atoms with Crippen LogP contribution < -0.4 is 5.32 Å². The summed E-state index contributed by atoms with van der Waals surface area (Å²) in [7, 11) is 0. The molecule has 0 aromatic carbocycles. The van der Waals surface area contributed by atoms with Gasteiger partial charge in [-0.2, -0.15) is 5.10 Å². The van der Waals surface area contributed by atoms with Crippen LogP contribution >= 0.6 is 0 Å². The molecule has 2 atom stereocenters. The molecule has 1 aromatic rings. The van der Waals surface area contributed by atoms with Gasteiger partial charge in [-0.15, -0.1) is 0 Å². The predicted molar refractivity (Wildman–Crippen MR) is 84.4 cm³/mol. The average Bonchev–Trinajstić information content (AvgIpc) is 2.94. The summed E-state index contributed by atoms with van der Waals surface area (Å²) in [5.41, 5.74) is 0. The Kier molecular flexibility index (Phi) is 6.64. The molecule has 0 saturated carbocycles. The summed E-state index contributed by atoms with van der Waals surface area (Å²) in [6, 6.07) is 0.827. The highest BCUT2D eigenvalue weighted by Gasteiger charge is 2.18. The topological polar surface area (TPSA) is 52.0 Å². The van der Waals surface area contributed by atoms with Gasteiger partial charge < -0.3 is 10.1 Å². The Labute approximate surface area is 128 Å². The summed E-state index contributed by atoms with van der Waals surface area (Å²) in [5.74, 6) is 1.08. The van der Waals surface area contributed by atoms with E-state index in [1.165, 1.54) is 19.3 Å².